The highest BCUT2D eigenvalue weighted by molar-refractivity contribution is 9.10. The Balaban J connectivity index is 1.55. The summed E-state index contributed by atoms with van der Waals surface area (Å²) in [5, 5.41) is 7.43. The van der Waals surface area contributed by atoms with Gasteiger partial charge in [-0.25, -0.2) is 8.42 Å². The molecule has 7 nitrogen and oxygen atoms in total. The lowest BCUT2D eigenvalue weighted by Gasteiger charge is -2.29. The summed E-state index contributed by atoms with van der Waals surface area (Å²) in [7, 11) is -3.83. The van der Waals surface area contributed by atoms with Crippen molar-refractivity contribution < 1.29 is 18.0 Å². The largest absolute Gasteiger partial charge is 0.331 e. The zero-order valence-electron chi connectivity index (χ0n) is 14.9. The van der Waals surface area contributed by atoms with E-state index in [1.807, 2.05) is 0 Å². The van der Waals surface area contributed by atoms with Crippen LogP contribution in [0.5, 0.6) is 0 Å². The van der Waals surface area contributed by atoms with Crippen LogP contribution in [0, 0.1) is 0 Å². The summed E-state index contributed by atoms with van der Waals surface area (Å²) < 4.78 is 26.2. The van der Waals surface area contributed by atoms with Gasteiger partial charge in [0.15, 0.2) is 15.1 Å². The van der Waals surface area contributed by atoms with Crippen LogP contribution >= 0.6 is 39.3 Å². The van der Waals surface area contributed by atoms with Gasteiger partial charge < -0.3 is 10.6 Å². The Kier molecular flexibility index (Phi) is 7.23. The number of benzene rings is 2. The number of carbonyl (C=O) groups is 2. The van der Waals surface area contributed by atoms with Crippen molar-refractivity contribution >= 4 is 66.6 Å². The van der Waals surface area contributed by atoms with E-state index in [1.54, 1.807) is 36.4 Å². The third kappa shape index (κ3) is 5.52. The van der Waals surface area contributed by atoms with Gasteiger partial charge in [0.05, 0.1) is 21.4 Å². The first kappa shape index (κ1) is 22.1. The summed E-state index contributed by atoms with van der Waals surface area (Å²) in [6.07, 6.45) is 0. The molecule has 2 aromatic carbocycles. The number of amides is 2. The normalized spacial score (nSPS) is 19.4. The number of carbonyl (C=O) groups excluding carboxylic acids is 2. The zero-order valence-corrected chi connectivity index (χ0v) is 18.9. The fourth-order valence-electron chi connectivity index (χ4n) is 2.63. The molecule has 0 aliphatic carbocycles. The van der Waals surface area contributed by atoms with Crippen molar-refractivity contribution in [1.82, 2.24) is 10.6 Å². The van der Waals surface area contributed by atoms with Crippen molar-refractivity contribution in [2.75, 3.05) is 17.6 Å². The summed E-state index contributed by atoms with van der Waals surface area (Å²) in [5.41, 5.74) is -0.0723. The van der Waals surface area contributed by atoms with E-state index in [0.717, 1.165) is 16.2 Å². The number of hydrogen-bond donors (Lipinski definition) is 3. The number of anilines is 1. The second-order valence-corrected chi connectivity index (χ2v) is 10.7. The molecule has 0 aromatic heterocycles. The highest BCUT2D eigenvalue weighted by Crippen LogP contribution is 2.23. The van der Waals surface area contributed by atoms with Crippen LogP contribution in [0.25, 0.3) is 0 Å². The lowest BCUT2D eigenvalue weighted by Crippen LogP contribution is -2.59. The first-order valence-corrected chi connectivity index (χ1v) is 12.2. The first-order valence-electron chi connectivity index (χ1n) is 8.46. The maximum Gasteiger partial charge on any atom is 0.241 e. The molecule has 2 amide bonds. The number of para-hydroxylation sites is 1. The Hall–Kier alpha value is -1.59. The topological polar surface area (TPSA) is 104 Å². The van der Waals surface area contributed by atoms with Crippen molar-refractivity contribution in [3.8, 4) is 0 Å². The van der Waals surface area contributed by atoms with Crippen molar-refractivity contribution in [2.45, 2.75) is 15.6 Å². The van der Waals surface area contributed by atoms with Gasteiger partial charge in [0.2, 0.25) is 11.8 Å². The van der Waals surface area contributed by atoms with Crippen molar-refractivity contribution in [2.24, 2.45) is 0 Å². The molecule has 1 heterocycles. The Morgan fingerprint density at radius 3 is 2.55 bits per heavy atom. The van der Waals surface area contributed by atoms with Gasteiger partial charge in [0, 0.05) is 11.0 Å². The van der Waals surface area contributed by atoms with Crippen LogP contribution in [-0.2, 0) is 19.4 Å². The Morgan fingerprint density at radius 1 is 1.21 bits per heavy atom. The molecular weight excluding hydrogens is 502 g/mol. The smallest absolute Gasteiger partial charge is 0.241 e. The summed E-state index contributed by atoms with van der Waals surface area (Å²) in [4.78, 5) is 24.6. The molecule has 1 aliphatic rings. The number of sulfone groups is 1. The molecule has 2 unspecified atom stereocenters. The molecule has 0 radical (unpaired) electrons. The Labute approximate surface area is 186 Å². The van der Waals surface area contributed by atoms with Crippen molar-refractivity contribution in [1.29, 1.82) is 0 Å². The van der Waals surface area contributed by atoms with E-state index in [9.17, 15) is 18.0 Å². The Morgan fingerprint density at radius 2 is 1.90 bits per heavy atom. The second kappa shape index (κ2) is 9.48. The van der Waals surface area contributed by atoms with Crippen molar-refractivity contribution in [3.05, 3.63) is 58.0 Å². The fraction of sp³-hybridized carbons (Fsp3) is 0.222. The van der Waals surface area contributed by atoms with E-state index in [4.69, 9.17) is 11.6 Å². The zero-order chi connectivity index (χ0) is 21.0. The maximum atomic E-state index is 12.7. The molecular formula is C18H17BrClN3O4S2. The van der Waals surface area contributed by atoms with Gasteiger partial charge in [0.1, 0.15) is 5.50 Å². The second-order valence-electron chi connectivity index (χ2n) is 6.12. The average Bonchev–Trinajstić information content (AvgIpc) is 2.68. The molecule has 1 saturated heterocycles. The molecule has 1 fully saturated rings. The minimum atomic E-state index is -3.83. The highest BCUT2D eigenvalue weighted by atomic mass is 79.9. The highest BCUT2D eigenvalue weighted by Gasteiger charge is 2.38. The SMILES string of the molecule is O=C(CSC1NCC(S(=O)(=O)c2ccc(Br)cc2)C(=O)N1)Nc1ccccc1Cl. The van der Waals surface area contributed by atoms with Crippen molar-refractivity contribution in [3.63, 3.8) is 0 Å². The van der Waals surface area contributed by atoms with Crippen LogP contribution in [-0.4, -0.2) is 43.3 Å². The number of nitrogens with one attached hydrogen (secondary N) is 3. The van der Waals surface area contributed by atoms with E-state index in [1.165, 1.54) is 12.1 Å². The van der Waals surface area contributed by atoms with Gasteiger partial charge in [-0.15, -0.1) is 11.8 Å². The lowest BCUT2D eigenvalue weighted by atomic mass is 10.3. The monoisotopic (exact) mass is 517 g/mol. The van der Waals surface area contributed by atoms with Gasteiger partial charge in [-0.2, -0.15) is 0 Å². The van der Waals surface area contributed by atoms with E-state index in [-0.39, 0.29) is 23.1 Å². The molecule has 0 bridgehead atoms. The molecule has 2 atom stereocenters. The molecule has 2 aromatic rings. The molecule has 29 heavy (non-hydrogen) atoms. The standard InChI is InChI=1S/C18H17BrClN3O4S2/c19-11-5-7-12(8-6-11)29(26,27)15-9-21-18(23-17(15)25)28-10-16(24)22-14-4-2-1-3-13(14)20/h1-8,15,18,21H,9-10H2,(H,22,24)(H,23,25). The summed E-state index contributed by atoms with van der Waals surface area (Å²) in [6.45, 7) is -0.0476. The minimum Gasteiger partial charge on any atom is -0.331 e. The molecule has 11 heteroatoms. The molecule has 154 valence electrons. The number of rotatable bonds is 6. The van der Waals surface area contributed by atoms with Crippen LogP contribution in [0.3, 0.4) is 0 Å². The molecule has 1 aliphatic heterocycles. The van der Waals surface area contributed by atoms with E-state index >= 15 is 0 Å². The van der Waals surface area contributed by atoms with E-state index < -0.39 is 26.5 Å². The first-order chi connectivity index (χ1) is 13.8. The molecule has 3 rings (SSSR count). The number of halogens is 2. The van der Waals surface area contributed by atoms with Gasteiger partial charge in [-0.05, 0) is 36.4 Å². The van der Waals surface area contributed by atoms with Gasteiger partial charge >= 0.3 is 0 Å². The van der Waals surface area contributed by atoms with E-state index in [0.29, 0.717) is 10.7 Å². The quantitative estimate of drug-likeness (QED) is 0.543. The van der Waals surface area contributed by atoms with Crippen LogP contribution in [0.4, 0.5) is 5.69 Å². The molecule has 3 N–H and O–H groups in total. The maximum absolute atomic E-state index is 12.7. The summed E-state index contributed by atoms with van der Waals surface area (Å²) >= 11 is 10.4. The predicted molar refractivity (Wildman–Crippen MR) is 118 cm³/mol. The Bertz CT molecular complexity index is 1020. The average molecular weight is 519 g/mol. The number of thioether (sulfide) groups is 1. The molecule has 0 spiro atoms. The van der Waals surface area contributed by atoms with Crippen LogP contribution in [0.2, 0.25) is 5.02 Å². The summed E-state index contributed by atoms with van der Waals surface area (Å²) in [5.74, 6) is -0.841. The van der Waals surface area contributed by atoms with Gasteiger partial charge in [-0.3, -0.25) is 14.9 Å². The lowest BCUT2D eigenvalue weighted by molar-refractivity contribution is -0.122. The molecule has 0 saturated carbocycles. The number of hydrogen-bond acceptors (Lipinski definition) is 6. The van der Waals surface area contributed by atoms with Crippen LogP contribution in [0.1, 0.15) is 0 Å². The van der Waals surface area contributed by atoms with Crippen LogP contribution < -0.4 is 16.0 Å². The third-order valence-corrected chi connectivity index (χ3v) is 8.06. The predicted octanol–water partition coefficient (Wildman–Crippen LogP) is 2.62. The van der Waals surface area contributed by atoms with Gasteiger partial charge in [-0.1, -0.05) is 39.7 Å². The summed E-state index contributed by atoms with van der Waals surface area (Å²) in [6, 6.07) is 13.0. The van der Waals surface area contributed by atoms with E-state index in [2.05, 4.69) is 31.9 Å². The fourth-order valence-corrected chi connectivity index (χ4v) is 5.39. The van der Waals surface area contributed by atoms with Gasteiger partial charge in [0.25, 0.3) is 0 Å². The van der Waals surface area contributed by atoms with Crippen LogP contribution in [0.15, 0.2) is 57.9 Å². The minimum absolute atomic E-state index is 0.0476. The third-order valence-electron chi connectivity index (χ3n) is 4.10.